The molecule has 27 heavy (non-hydrogen) atoms. The smallest absolute Gasteiger partial charge is 0.308 e. The Labute approximate surface area is 161 Å². The second kappa shape index (κ2) is 9.33. The summed E-state index contributed by atoms with van der Waals surface area (Å²) in [5, 5.41) is 10.8. The zero-order valence-electron chi connectivity index (χ0n) is 16.0. The fourth-order valence-corrected chi connectivity index (χ4v) is 4.25. The molecule has 0 saturated carbocycles. The molecule has 6 heteroatoms. The van der Waals surface area contributed by atoms with Gasteiger partial charge in [0.05, 0.1) is 25.7 Å². The van der Waals surface area contributed by atoms with Gasteiger partial charge in [0.15, 0.2) is 0 Å². The highest BCUT2D eigenvalue weighted by Gasteiger charge is 2.33. The van der Waals surface area contributed by atoms with Crippen LogP contribution in [0, 0.1) is 5.92 Å². The van der Waals surface area contributed by atoms with Crippen LogP contribution in [0.15, 0.2) is 30.3 Å². The van der Waals surface area contributed by atoms with Crippen LogP contribution in [0.3, 0.4) is 0 Å². The van der Waals surface area contributed by atoms with E-state index in [0.717, 1.165) is 31.4 Å². The number of carbonyl (C=O) groups excluding carboxylic acids is 2. The van der Waals surface area contributed by atoms with Crippen LogP contribution in [0.25, 0.3) is 0 Å². The largest absolute Gasteiger partial charge is 0.469 e. The van der Waals surface area contributed by atoms with Crippen molar-refractivity contribution in [1.29, 1.82) is 0 Å². The summed E-state index contributed by atoms with van der Waals surface area (Å²) in [6.45, 7) is 2.35. The molecule has 3 rings (SSSR count). The van der Waals surface area contributed by atoms with E-state index in [2.05, 4.69) is 4.90 Å². The van der Waals surface area contributed by atoms with Gasteiger partial charge >= 0.3 is 5.97 Å². The van der Waals surface area contributed by atoms with Gasteiger partial charge in [-0.1, -0.05) is 36.8 Å². The Balaban J connectivity index is 1.58. The molecule has 1 N–H and O–H groups in total. The number of piperidine rings is 2. The number of hydrogen-bond donors (Lipinski definition) is 1. The fourth-order valence-electron chi connectivity index (χ4n) is 4.25. The van der Waals surface area contributed by atoms with E-state index < -0.39 is 6.10 Å². The number of aliphatic hydroxyl groups excluding tert-OH is 1. The van der Waals surface area contributed by atoms with Gasteiger partial charge in [-0.15, -0.1) is 0 Å². The lowest BCUT2D eigenvalue weighted by atomic mass is 9.92. The summed E-state index contributed by atoms with van der Waals surface area (Å²) < 4.78 is 4.81. The molecule has 2 atom stereocenters. The van der Waals surface area contributed by atoms with Crippen LogP contribution in [0.5, 0.6) is 0 Å². The predicted molar refractivity (Wildman–Crippen MR) is 102 cm³/mol. The summed E-state index contributed by atoms with van der Waals surface area (Å²) >= 11 is 0. The lowest BCUT2D eigenvalue weighted by Gasteiger charge is -2.40. The van der Waals surface area contributed by atoms with Gasteiger partial charge in [-0.3, -0.25) is 14.5 Å². The monoisotopic (exact) mass is 374 g/mol. The molecular weight excluding hydrogens is 344 g/mol. The first kappa shape index (κ1) is 19.8. The summed E-state index contributed by atoms with van der Waals surface area (Å²) in [5.41, 5.74) is 0.903. The van der Waals surface area contributed by atoms with Gasteiger partial charge in [-0.25, -0.2) is 0 Å². The molecule has 2 heterocycles. The minimum absolute atomic E-state index is 0.0299. The third-order valence-corrected chi connectivity index (χ3v) is 5.89. The van der Waals surface area contributed by atoms with Crippen LogP contribution in [-0.4, -0.2) is 66.1 Å². The van der Waals surface area contributed by atoms with Crippen LogP contribution in [0.2, 0.25) is 0 Å². The van der Waals surface area contributed by atoms with E-state index in [0.29, 0.717) is 32.5 Å². The summed E-state index contributed by atoms with van der Waals surface area (Å²) in [4.78, 5) is 28.4. The highest BCUT2D eigenvalue weighted by atomic mass is 16.5. The van der Waals surface area contributed by atoms with Crippen molar-refractivity contribution in [3.05, 3.63) is 35.9 Å². The van der Waals surface area contributed by atoms with Crippen molar-refractivity contribution in [2.24, 2.45) is 5.92 Å². The zero-order valence-corrected chi connectivity index (χ0v) is 16.0. The Morgan fingerprint density at radius 3 is 2.48 bits per heavy atom. The second-order valence-corrected chi connectivity index (χ2v) is 7.57. The van der Waals surface area contributed by atoms with Crippen LogP contribution in [-0.2, 0) is 14.3 Å². The molecule has 2 fully saturated rings. The molecule has 0 radical (unpaired) electrons. The third-order valence-electron chi connectivity index (χ3n) is 5.89. The van der Waals surface area contributed by atoms with E-state index in [-0.39, 0.29) is 23.8 Å². The van der Waals surface area contributed by atoms with Crippen molar-refractivity contribution in [2.75, 3.05) is 33.3 Å². The van der Waals surface area contributed by atoms with E-state index in [1.807, 2.05) is 35.2 Å². The van der Waals surface area contributed by atoms with Crippen molar-refractivity contribution >= 4 is 11.9 Å². The fraction of sp³-hybridized carbons (Fsp3) is 0.619. The molecule has 0 spiro atoms. The molecule has 1 aromatic rings. The number of carbonyl (C=O) groups is 2. The highest BCUT2D eigenvalue weighted by Crippen LogP contribution is 2.29. The normalized spacial score (nSPS) is 23.0. The summed E-state index contributed by atoms with van der Waals surface area (Å²) in [7, 11) is 1.41. The molecule has 0 aliphatic carbocycles. The van der Waals surface area contributed by atoms with Gasteiger partial charge < -0.3 is 14.7 Å². The summed E-state index contributed by atoms with van der Waals surface area (Å²) in [6, 6.07) is 9.66. The average molecular weight is 374 g/mol. The van der Waals surface area contributed by atoms with Gasteiger partial charge in [0, 0.05) is 19.1 Å². The number of aliphatic hydroxyl groups is 1. The average Bonchev–Trinajstić information content (AvgIpc) is 2.73. The van der Waals surface area contributed by atoms with Gasteiger partial charge in [0.25, 0.3) is 0 Å². The molecule has 2 aliphatic heterocycles. The van der Waals surface area contributed by atoms with Crippen LogP contribution in [0.1, 0.15) is 43.8 Å². The molecule has 0 aromatic heterocycles. The van der Waals surface area contributed by atoms with Gasteiger partial charge in [-0.05, 0) is 37.8 Å². The Morgan fingerprint density at radius 2 is 1.81 bits per heavy atom. The molecule has 1 amide bonds. The van der Waals surface area contributed by atoms with Crippen molar-refractivity contribution in [3.63, 3.8) is 0 Å². The maximum absolute atomic E-state index is 12.8. The number of nitrogens with zero attached hydrogens (tertiary/aromatic N) is 2. The number of esters is 1. The summed E-state index contributed by atoms with van der Waals surface area (Å²) in [6.07, 6.45) is 3.76. The maximum atomic E-state index is 12.8. The molecule has 148 valence electrons. The Bertz CT molecular complexity index is 628. The van der Waals surface area contributed by atoms with E-state index in [1.54, 1.807) is 0 Å². The van der Waals surface area contributed by atoms with Gasteiger partial charge in [0.1, 0.15) is 0 Å². The van der Waals surface area contributed by atoms with Crippen LogP contribution >= 0.6 is 0 Å². The number of amides is 1. The number of hydrogen-bond acceptors (Lipinski definition) is 5. The first-order chi connectivity index (χ1) is 13.1. The minimum Gasteiger partial charge on any atom is -0.469 e. The van der Waals surface area contributed by atoms with Crippen molar-refractivity contribution < 1.29 is 19.4 Å². The maximum Gasteiger partial charge on any atom is 0.308 e. The van der Waals surface area contributed by atoms with E-state index in [1.165, 1.54) is 7.11 Å². The van der Waals surface area contributed by atoms with Crippen LogP contribution < -0.4 is 0 Å². The topological polar surface area (TPSA) is 70.1 Å². The van der Waals surface area contributed by atoms with Crippen LogP contribution in [0.4, 0.5) is 0 Å². The molecule has 1 aromatic carbocycles. The van der Waals surface area contributed by atoms with Crippen molar-refractivity contribution in [2.45, 2.75) is 44.2 Å². The van der Waals surface area contributed by atoms with Crippen molar-refractivity contribution in [3.8, 4) is 0 Å². The lowest BCUT2D eigenvalue weighted by Crippen LogP contribution is -2.50. The first-order valence-corrected chi connectivity index (χ1v) is 9.93. The quantitative estimate of drug-likeness (QED) is 0.798. The minimum atomic E-state index is -0.579. The third kappa shape index (κ3) is 4.87. The van der Waals surface area contributed by atoms with Gasteiger partial charge in [0.2, 0.25) is 5.91 Å². The number of benzene rings is 1. The lowest BCUT2D eigenvalue weighted by molar-refractivity contribution is -0.149. The highest BCUT2D eigenvalue weighted by molar-refractivity contribution is 5.79. The Hall–Kier alpha value is -1.92. The first-order valence-electron chi connectivity index (χ1n) is 9.93. The molecule has 6 nitrogen and oxygen atoms in total. The summed E-state index contributed by atoms with van der Waals surface area (Å²) in [5.74, 6) is -0.184. The zero-order chi connectivity index (χ0) is 19.2. The Kier molecular flexibility index (Phi) is 6.85. The van der Waals surface area contributed by atoms with Gasteiger partial charge in [-0.2, -0.15) is 0 Å². The predicted octanol–water partition coefficient (Wildman–Crippen LogP) is 1.99. The standard InChI is InChI=1S/C21H30N2O4/c1-27-21(26)17-10-13-22(14-11-17)19(24)15-23-12-6-5-9-18(23)20(25)16-7-3-2-4-8-16/h2-4,7-8,17-18,20,25H,5-6,9-15H2,1H3/t18-,20+/m0/s1. The Morgan fingerprint density at radius 1 is 1.11 bits per heavy atom. The number of ether oxygens (including phenoxy) is 1. The van der Waals surface area contributed by atoms with E-state index in [4.69, 9.17) is 4.74 Å². The number of likely N-dealkylation sites (tertiary alicyclic amines) is 2. The van der Waals surface area contributed by atoms with E-state index in [9.17, 15) is 14.7 Å². The second-order valence-electron chi connectivity index (χ2n) is 7.57. The molecule has 0 unspecified atom stereocenters. The number of rotatable bonds is 5. The van der Waals surface area contributed by atoms with E-state index >= 15 is 0 Å². The molecule has 2 saturated heterocycles. The molecule has 0 bridgehead atoms. The SMILES string of the molecule is COC(=O)C1CCN(C(=O)CN2CCCC[C@H]2[C@H](O)c2ccccc2)CC1. The number of methoxy groups -OCH3 is 1. The van der Waals surface area contributed by atoms with Crippen molar-refractivity contribution in [1.82, 2.24) is 9.80 Å². The molecule has 2 aliphatic rings. The molecular formula is C21H30N2O4.